The van der Waals surface area contributed by atoms with E-state index in [2.05, 4.69) is 15.0 Å². The van der Waals surface area contributed by atoms with Crippen LogP contribution in [-0.4, -0.2) is 22.9 Å². The summed E-state index contributed by atoms with van der Waals surface area (Å²) >= 11 is 5.71. The Morgan fingerprint density at radius 2 is 2.55 bits per heavy atom. The second-order valence-corrected chi connectivity index (χ2v) is 2.30. The number of hydrogen-bond donors (Lipinski definition) is 0. The van der Waals surface area contributed by atoms with E-state index in [9.17, 15) is 0 Å². The summed E-state index contributed by atoms with van der Waals surface area (Å²) in [6.45, 7) is 0. The Hall–Kier alpha value is -1.03. The molecular formula is C6H8ClN3O. The summed E-state index contributed by atoms with van der Waals surface area (Å²) in [6.07, 6.45) is 3.05. The Labute approximate surface area is 69.4 Å². The monoisotopic (exact) mass is 173 g/mol. The van der Waals surface area contributed by atoms with Crippen LogP contribution in [0.25, 0.3) is 0 Å². The van der Waals surface area contributed by atoms with Gasteiger partial charge in [-0.25, -0.2) is 4.98 Å². The van der Waals surface area contributed by atoms with Crippen molar-refractivity contribution in [2.24, 2.45) is 12.2 Å². The second-order valence-electron chi connectivity index (χ2n) is 1.92. The largest absolute Gasteiger partial charge is 0.399 e. The molecule has 0 saturated heterocycles. The molecule has 0 aromatic carbocycles. The molecule has 11 heavy (non-hydrogen) atoms. The highest BCUT2D eigenvalue weighted by Gasteiger charge is 1.99. The summed E-state index contributed by atoms with van der Waals surface area (Å²) in [5, 5.41) is 4.12. The highest BCUT2D eigenvalue weighted by Crippen LogP contribution is 2.06. The number of oxime groups is 1. The molecule has 0 unspecified atom stereocenters. The van der Waals surface area contributed by atoms with Crippen LogP contribution >= 0.6 is 11.6 Å². The van der Waals surface area contributed by atoms with Gasteiger partial charge in [-0.2, -0.15) is 0 Å². The van der Waals surface area contributed by atoms with Crippen molar-refractivity contribution in [3.63, 3.8) is 0 Å². The Morgan fingerprint density at radius 3 is 3.00 bits per heavy atom. The van der Waals surface area contributed by atoms with Crippen LogP contribution in [0.3, 0.4) is 0 Å². The van der Waals surface area contributed by atoms with Gasteiger partial charge in [0.2, 0.25) is 0 Å². The van der Waals surface area contributed by atoms with E-state index in [0.717, 1.165) is 0 Å². The number of rotatable bonds is 2. The van der Waals surface area contributed by atoms with Crippen LogP contribution in [0.15, 0.2) is 11.4 Å². The van der Waals surface area contributed by atoms with Crippen LogP contribution in [0.4, 0.5) is 0 Å². The molecule has 0 atom stereocenters. The van der Waals surface area contributed by atoms with Crippen molar-refractivity contribution < 1.29 is 4.84 Å². The van der Waals surface area contributed by atoms with Crippen LogP contribution in [0, 0.1) is 0 Å². The van der Waals surface area contributed by atoms with Crippen molar-refractivity contribution >= 4 is 17.8 Å². The summed E-state index contributed by atoms with van der Waals surface area (Å²) in [5.41, 5.74) is 0. The van der Waals surface area contributed by atoms with E-state index in [4.69, 9.17) is 11.6 Å². The van der Waals surface area contributed by atoms with Gasteiger partial charge in [-0.3, -0.25) is 0 Å². The topological polar surface area (TPSA) is 39.4 Å². The number of hydrogen-bond acceptors (Lipinski definition) is 3. The third-order valence-electron chi connectivity index (χ3n) is 1.24. The van der Waals surface area contributed by atoms with Crippen molar-refractivity contribution in [2.45, 2.75) is 0 Å². The summed E-state index contributed by atoms with van der Waals surface area (Å²) in [6, 6.07) is 0. The van der Waals surface area contributed by atoms with Gasteiger partial charge in [-0.05, 0) is 0 Å². The quantitative estimate of drug-likeness (QED) is 0.496. The Morgan fingerprint density at radius 1 is 1.82 bits per heavy atom. The molecule has 1 aromatic heterocycles. The first-order valence-electron chi connectivity index (χ1n) is 2.99. The highest BCUT2D eigenvalue weighted by molar-refractivity contribution is 6.29. The van der Waals surface area contributed by atoms with E-state index in [-0.39, 0.29) is 0 Å². The third kappa shape index (κ3) is 1.71. The average molecular weight is 174 g/mol. The van der Waals surface area contributed by atoms with Gasteiger partial charge in [0.25, 0.3) is 0 Å². The van der Waals surface area contributed by atoms with Gasteiger partial charge in [0.15, 0.2) is 5.82 Å². The number of nitrogens with zero attached hydrogens (tertiary/aromatic N) is 3. The molecule has 0 fully saturated rings. The standard InChI is InChI=1S/C6H8ClN3O/c1-10-5(7)3-8-6(10)4-9-11-2/h3-4H,1-2H3/b9-4+. The van der Waals surface area contributed by atoms with Gasteiger partial charge in [0.05, 0.1) is 6.20 Å². The summed E-state index contributed by atoms with van der Waals surface area (Å²) < 4.78 is 1.70. The van der Waals surface area contributed by atoms with E-state index in [0.29, 0.717) is 11.0 Å². The molecule has 0 aliphatic carbocycles. The van der Waals surface area contributed by atoms with Crippen molar-refractivity contribution in [1.29, 1.82) is 0 Å². The highest BCUT2D eigenvalue weighted by atomic mass is 35.5. The van der Waals surface area contributed by atoms with Crippen molar-refractivity contribution in [2.75, 3.05) is 7.11 Å². The van der Waals surface area contributed by atoms with E-state index in [1.807, 2.05) is 0 Å². The molecule has 0 aliphatic rings. The SMILES string of the molecule is CO/N=C/c1ncc(Cl)n1C. The first-order chi connectivity index (χ1) is 5.25. The molecule has 0 saturated carbocycles. The van der Waals surface area contributed by atoms with Crippen LogP contribution in [0.2, 0.25) is 5.15 Å². The van der Waals surface area contributed by atoms with Gasteiger partial charge in [0.1, 0.15) is 18.5 Å². The number of halogens is 1. The molecular weight excluding hydrogens is 166 g/mol. The minimum atomic E-state index is 0.572. The predicted octanol–water partition coefficient (Wildman–Crippen LogP) is 1.05. The molecule has 1 rings (SSSR count). The second kappa shape index (κ2) is 3.39. The van der Waals surface area contributed by atoms with Gasteiger partial charge < -0.3 is 9.40 Å². The molecule has 60 valence electrons. The Bertz CT molecular complexity index is 269. The molecule has 0 bridgehead atoms. The molecule has 0 radical (unpaired) electrons. The number of imidazole rings is 1. The fourth-order valence-corrected chi connectivity index (χ4v) is 0.757. The molecule has 5 heteroatoms. The molecule has 0 spiro atoms. The van der Waals surface area contributed by atoms with Gasteiger partial charge in [-0.15, -0.1) is 0 Å². The maximum Gasteiger partial charge on any atom is 0.155 e. The normalized spacial score (nSPS) is 10.8. The maximum absolute atomic E-state index is 5.71. The van der Waals surface area contributed by atoms with E-state index in [1.54, 1.807) is 17.8 Å². The first kappa shape index (κ1) is 8.07. The summed E-state index contributed by atoms with van der Waals surface area (Å²) in [4.78, 5) is 8.44. The molecule has 1 aromatic rings. The number of aromatic nitrogens is 2. The molecule has 4 nitrogen and oxygen atoms in total. The third-order valence-corrected chi connectivity index (χ3v) is 1.59. The van der Waals surface area contributed by atoms with Crippen molar-refractivity contribution in [3.8, 4) is 0 Å². The smallest absolute Gasteiger partial charge is 0.155 e. The van der Waals surface area contributed by atoms with E-state index < -0.39 is 0 Å². The zero-order chi connectivity index (χ0) is 8.27. The van der Waals surface area contributed by atoms with E-state index >= 15 is 0 Å². The van der Waals surface area contributed by atoms with Crippen LogP contribution in [0.5, 0.6) is 0 Å². The van der Waals surface area contributed by atoms with Gasteiger partial charge >= 0.3 is 0 Å². The zero-order valence-electron chi connectivity index (χ0n) is 6.28. The Balaban J connectivity index is 2.87. The van der Waals surface area contributed by atoms with Crippen LogP contribution < -0.4 is 0 Å². The zero-order valence-corrected chi connectivity index (χ0v) is 7.04. The van der Waals surface area contributed by atoms with Crippen LogP contribution in [-0.2, 0) is 11.9 Å². The molecule has 1 heterocycles. The lowest BCUT2D eigenvalue weighted by Crippen LogP contribution is -1.96. The lowest BCUT2D eigenvalue weighted by atomic mass is 10.7. The Kier molecular flexibility index (Phi) is 2.48. The predicted molar refractivity (Wildman–Crippen MR) is 42.8 cm³/mol. The van der Waals surface area contributed by atoms with Crippen LogP contribution in [0.1, 0.15) is 5.82 Å². The van der Waals surface area contributed by atoms with Gasteiger partial charge in [0, 0.05) is 7.05 Å². The minimum absolute atomic E-state index is 0.572. The molecule has 0 N–H and O–H groups in total. The van der Waals surface area contributed by atoms with Gasteiger partial charge in [-0.1, -0.05) is 16.8 Å². The minimum Gasteiger partial charge on any atom is -0.399 e. The molecule has 0 amide bonds. The molecule has 0 aliphatic heterocycles. The van der Waals surface area contributed by atoms with Crippen molar-refractivity contribution in [3.05, 3.63) is 17.2 Å². The average Bonchev–Trinajstić information content (AvgIpc) is 2.31. The van der Waals surface area contributed by atoms with E-state index in [1.165, 1.54) is 13.3 Å². The summed E-state index contributed by atoms with van der Waals surface area (Å²) in [5.74, 6) is 0.664. The fraction of sp³-hybridized carbons (Fsp3) is 0.333. The lowest BCUT2D eigenvalue weighted by Gasteiger charge is -1.93. The lowest BCUT2D eigenvalue weighted by molar-refractivity contribution is 0.215. The maximum atomic E-state index is 5.71. The fourth-order valence-electron chi connectivity index (χ4n) is 0.622. The first-order valence-corrected chi connectivity index (χ1v) is 3.37. The summed E-state index contributed by atoms with van der Waals surface area (Å²) in [7, 11) is 3.27. The van der Waals surface area contributed by atoms with Crippen molar-refractivity contribution in [1.82, 2.24) is 9.55 Å².